The topological polar surface area (TPSA) is 67.9 Å². The van der Waals surface area contributed by atoms with Gasteiger partial charge in [0.2, 0.25) is 5.95 Å². The van der Waals surface area contributed by atoms with Crippen LogP contribution in [-0.4, -0.2) is 15.0 Å². The second kappa shape index (κ2) is 6.32. The highest BCUT2D eigenvalue weighted by Crippen LogP contribution is 2.26. The molecule has 0 amide bonds. The van der Waals surface area contributed by atoms with Gasteiger partial charge in [0.25, 0.3) is 0 Å². The monoisotopic (exact) mass is 333 g/mol. The molecular weight excluding hydrogens is 317 g/mol. The van der Waals surface area contributed by atoms with E-state index in [2.05, 4.69) is 15.0 Å². The van der Waals surface area contributed by atoms with Crippen molar-refractivity contribution in [1.82, 2.24) is 15.0 Å². The van der Waals surface area contributed by atoms with Crippen molar-refractivity contribution in [2.45, 2.75) is 13.1 Å². The Hall–Kier alpha value is -3.28. The minimum absolute atomic E-state index is 0.213. The molecule has 3 heterocycles. The summed E-state index contributed by atoms with van der Waals surface area (Å²) in [5.41, 5.74) is 9.52. The minimum Gasteiger partial charge on any atom is -0.384 e. The lowest BCUT2D eigenvalue weighted by atomic mass is 10.1. The van der Waals surface area contributed by atoms with Gasteiger partial charge in [-0.15, -0.1) is 0 Å². The molecule has 0 saturated heterocycles. The highest BCUT2D eigenvalue weighted by Gasteiger charge is 2.21. The minimum atomic E-state index is -0.213. The first kappa shape index (κ1) is 15.3. The van der Waals surface area contributed by atoms with Crippen LogP contribution in [0.4, 0.5) is 16.2 Å². The maximum Gasteiger partial charge on any atom is 0.226 e. The third-order valence-corrected chi connectivity index (χ3v) is 4.09. The van der Waals surface area contributed by atoms with E-state index in [-0.39, 0.29) is 5.82 Å². The molecule has 1 aromatic carbocycles. The number of nitrogens with two attached hydrogens (primary N) is 1. The van der Waals surface area contributed by atoms with Crippen LogP contribution in [0.5, 0.6) is 0 Å². The van der Waals surface area contributed by atoms with E-state index >= 15 is 0 Å². The average Bonchev–Trinajstić information content (AvgIpc) is 3.03. The number of rotatable bonds is 3. The Morgan fingerprint density at radius 1 is 0.960 bits per heavy atom. The number of pyridine rings is 1. The Labute approximate surface area is 144 Å². The quantitative estimate of drug-likeness (QED) is 0.796. The lowest BCUT2D eigenvalue weighted by Crippen LogP contribution is -2.17. The number of nitrogen functional groups attached to an aromatic ring is 1. The lowest BCUT2D eigenvalue weighted by molar-refractivity contribution is 0.626. The molecule has 5 nitrogen and oxygen atoms in total. The molecule has 124 valence electrons. The highest BCUT2D eigenvalue weighted by atomic mass is 19.1. The van der Waals surface area contributed by atoms with Crippen molar-refractivity contribution >= 4 is 23.9 Å². The van der Waals surface area contributed by atoms with Gasteiger partial charge in [0.15, 0.2) is 0 Å². The molecule has 25 heavy (non-hydrogen) atoms. The average molecular weight is 333 g/mol. The van der Waals surface area contributed by atoms with Crippen LogP contribution in [-0.2, 0) is 13.1 Å². The van der Waals surface area contributed by atoms with Gasteiger partial charge in [-0.3, -0.25) is 0 Å². The summed E-state index contributed by atoms with van der Waals surface area (Å²) in [6.45, 7) is 1.30. The van der Waals surface area contributed by atoms with E-state index in [0.29, 0.717) is 24.9 Å². The Kier molecular flexibility index (Phi) is 3.85. The molecule has 2 aromatic heterocycles. The maximum atomic E-state index is 13.4. The molecule has 4 rings (SSSR count). The summed E-state index contributed by atoms with van der Waals surface area (Å²) in [4.78, 5) is 14.9. The van der Waals surface area contributed by atoms with Crippen LogP contribution in [0.2, 0.25) is 0 Å². The Bertz CT molecular complexity index is 954. The van der Waals surface area contributed by atoms with Gasteiger partial charge in [0.05, 0.1) is 5.69 Å². The third kappa shape index (κ3) is 3.33. The van der Waals surface area contributed by atoms with Crippen LogP contribution in [0.25, 0.3) is 12.2 Å². The third-order valence-electron chi connectivity index (χ3n) is 4.09. The maximum absolute atomic E-state index is 13.4. The van der Waals surface area contributed by atoms with Gasteiger partial charge < -0.3 is 10.6 Å². The van der Waals surface area contributed by atoms with Crippen molar-refractivity contribution in [3.63, 3.8) is 0 Å². The molecule has 3 aromatic rings. The molecule has 0 bridgehead atoms. The number of anilines is 2. The van der Waals surface area contributed by atoms with E-state index < -0.39 is 0 Å². The van der Waals surface area contributed by atoms with Crippen molar-refractivity contribution in [3.05, 3.63) is 77.0 Å². The Balaban J connectivity index is 1.54. The zero-order valence-corrected chi connectivity index (χ0v) is 13.4. The Morgan fingerprint density at radius 3 is 2.68 bits per heavy atom. The normalized spacial score (nSPS) is 13.4. The molecule has 2 N–H and O–H groups in total. The highest BCUT2D eigenvalue weighted by molar-refractivity contribution is 5.69. The summed E-state index contributed by atoms with van der Waals surface area (Å²) in [5.74, 6) is 0.899. The van der Waals surface area contributed by atoms with Crippen LogP contribution in [0.3, 0.4) is 0 Å². The van der Waals surface area contributed by atoms with Gasteiger partial charge in [0, 0.05) is 25.5 Å². The van der Waals surface area contributed by atoms with E-state index in [1.54, 1.807) is 24.5 Å². The van der Waals surface area contributed by atoms with Crippen molar-refractivity contribution in [2.75, 3.05) is 10.6 Å². The fraction of sp³-hybridized carbons (Fsp3) is 0.105. The number of aromatic nitrogens is 3. The summed E-state index contributed by atoms with van der Waals surface area (Å²) < 4.78 is 13.4. The molecule has 6 heteroatoms. The summed E-state index contributed by atoms with van der Waals surface area (Å²) in [7, 11) is 0. The summed E-state index contributed by atoms with van der Waals surface area (Å²) in [6, 6.07) is 10.4. The van der Waals surface area contributed by atoms with Crippen LogP contribution < -0.4 is 10.6 Å². The summed E-state index contributed by atoms with van der Waals surface area (Å²) in [5, 5.41) is 0. The van der Waals surface area contributed by atoms with Crippen molar-refractivity contribution in [1.29, 1.82) is 0 Å². The second-order valence-electron chi connectivity index (χ2n) is 5.90. The van der Waals surface area contributed by atoms with Crippen molar-refractivity contribution < 1.29 is 4.39 Å². The fourth-order valence-electron chi connectivity index (χ4n) is 2.86. The van der Waals surface area contributed by atoms with E-state index in [1.165, 1.54) is 6.07 Å². The van der Waals surface area contributed by atoms with Crippen LogP contribution in [0.1, 0.15) is 22.4 Å². The van der Waals surface area contributed by atoms with Gasteiger partial charge in [-0.2, -0.15) is 0 Å². The SMILES string of the molecule is Nc1cc(/C=C/c2ccnc(N3Cc4ccc(F)cc4C3)n2)ccn1. The molecule has 0 fully saturated rings. The van der Waals surface area contributed by atoms with Crippen LogP contribution >= 0.6 is 0 Å². The molecule has 0 aliphatic carbocycles. The number of hydrogen-bond donors (Lipinski definition) is 1. The number of halogens is 1. The molecule has 0 saturated carbocycles. The fourth-order valence-corrected chi connectivity index (χ4v) is 2.86. The van der Waals surface area contributed by atoms with Gasteiger partial charge in [-0.1, -0.05) is 12.1 Å². The molecule has 0 atom stereocenters. The molecule has 0 spiro atoms. The van der Waals surface area contributed by atoms with Gasteiger partial charge in [-0.05, 0) is 53.1 Å². The Morgan fingerprint density at radius 2 is 1.80 bits per heavy atom. The standard InChI is InChI=1S/C19H16FN5/c20-16-3-2-14-11-25(12-15(14)10-16)19-23-8-6-17(24-19)4-1-13-5-7-22-18(21)9-13/h1-10H,11-12H2,(H2,21,22)/b4-1+. The van der Waals surface area contributed by atoms with Crippen molar-refractivity contribution in [3.8, 4) is 0 Å². The van der Waals surface area contributed by atoms with E-state index in [1.807, 2.05) is 35.3 Å². The zero-order chi connectivity index (χ0) is 17.2. The lowest BCUT2D eigenvalue weighted by Gasteiger charge is -2.15. The van der Waals surface area contributed by atoms with E-state index in [4.69, 9.17) is 5.73 Å². The molecule has 1 aliphatic heterocycles. The predicted molar refractivity (Wildman–Crippen MR) is 95.9 cm³/mol. The predicted octanol–water partition coefficient (Wildman–Crippen LogP) is 3.28. The number of benzene rings is 1. The number of hydrogen-bond acceptors (Lipinski definition) is 5. The smallest absolute Gasteiger partial charge is 0.226 e. The first-order valence-electron chi connectivity index (χ1n) is 7.92. The zero-order valence-electron chi connectivity index (χ0n) is 13.4. The summed E-state index contributed by atoms with van der Waals surface area (Å²) in [6.07, 6.45) is 7.23. The molecular formula is C19H16FN5. The van der Waals surface area contributed by atoms with Crippen LogP contribution in [0, 0.1) is 5.82 Å². The first-order chi connectivity index (χ1) is 12.2. The molecule has 0 radical (unpaired) electrons. The van der Waals surface area contributed by atoms with Crippen LogP contribution in [0.15, 0.2) is 48.8 Å². The summed E-state index contributed by atoms with van der Waals surface area (Å²) >= 11 is 0. The molecule has 1 aliphatic rings. The number of nitrogens with zero attached hydrogens (tertiary/aromatic N) is 4. The second-order valence-corrected chi connectivity index (χ2v) is 5.90. The molecule has 0 unspecified atom stereocenters. The number of fused-ring (bicyclic) bond motifs is 1. The van der Waals surface area contributed by atoms with Gasteiger partial charge >= 0.3 is 0 Å². The first-order valence-corrected chi connectivity index (χ1v) is 7.92. The van der Waals surface area contributed by atoms with Gasteiger partial charge in [0.1, 0.15) is 11.6 Å². The van der Waals surface area contributed by atoms with E-state index in [0.717, 1.165) is 22.4 Å². The van der Waals surface area contributed by atoms with E-state index in [9.17, 15) is 4.39 Å². The largest absolute Gasteiger partial charge is 0.384 e. The van der Waals surface area contributed by atoms with Crippen molar-refractivity contribution in [2.24, 2.45) is 0 Å². The van der Waals surface area contributed by atoms with Gasteiger partial charge in [-0.25, -0.2) is 19.3 Å².